The minimum Gasteiger partial charge on any atom is -0.369 e. The molecule has 1 heterocycles. The molecule has 1 aromatic rings. The summed E-state index contributed by atoms with van der Waals surface area (Å²) in [4.78, 5) is 12.0. The van der Waals surface area contributed by atoms with Gasteiger partial charge in [-0.3, -0.25) is 4.79 Å². The normalized spacial score (nSPS) is 11.9. The van der Waals surface area contributed by atoms with Gasteiger partial charge in [0.2, 0.25) is 0 Å². The van der Waals surface area contributed by atoms with Crippen molar-refractivity contribution < 1.29 is 0 Å². The lowest BCUT2D eigenvalue weighted by Gasteiger charge is -2.15. The van der Waals surface area contributed by atoms with Crippen molar-refractivity contribution in [3.63, 3.8) is 0 Å². The molecule has 0 aliphatic carbocycles. The molecular weight excluding hydrogens is 294 g/mol. The predicted octanol–water partition coefficient (Wildman–Crippen LogP) is 2.63. The molecule has 5 heteroatoms. The molecule has 0 aliphatic rings. The van der Waals surface area contributed by atoms with Crippen LogP contribution in [0, 0.1) is 12.3 Å². The molecule has 0 saturated carbocycles. The molecule has 1 N–H and O–H groups in total. The van der Waals surface area contributed by atoms with Gasteiger partial charge in [0, 0.05) is 6.54 Å². The molecule has 0 saturated heterocycles. The molecule has 1 atom stereocenters. The summed E-state index contributed by atoms with van der Waals surface area (Å²) in [5.41, 5.74) is 0.526. The van der Waals surface area contributed by atoms with E-state index in [1.165, 1.54) is 4.68 Å². The molecule has 4 nitrogen and oxygen atoms in total. The van der Waals surface area contributed by atoms with Gasteiger partial charge in [-0.1, -0.05) is 26.2 Å². The molecule has 0 fully saturated rings. The first-order chi connectivity index (χ1) is 8.63. The van der Waals surface area contributed by atoms with Crippen LogP contribution in [0.1, 0.15) is 33.1 Å². The Morgan fingerprint density at radius 1 is 1.56 bits per heavy atom. The van der Waals surface area contributed by atoms with Gasteiger partial charge in [-0.25, -0.2) is 4.68 Å². The van der Waals surface area contributed by atoms with Crippen LogP contribution in [-0.2, 0) is 6.54 Å². The highest BCUT2D eigenvalue weighted by Crippen LogP contribution is 2.18. The number of anilines is 1. The first kappa shape index (κ1) is 14.8. The second-order valence-electron chi connectivity index (χ2n) is 4.05. The minimum absolute atomic E-state index is 0.0745. The van der Waals surface area contributed by atoms with Crippen molar-refractivity contribution in [2.24, 2.45) is 0 Å². The van der Waals surface area contributed by atoms with Crippen LogP contribution < -0.4 is 10.9 Å². The van der Waals surface area contributed by atoms with Gasteiger partial charge in [0.05, 0.1) is 17.9 Å². The largest absolute Gasteiger partial charge is 0.369 e. The van der Waals surface area contributed by atoms with E-state index in [1.54, 1.807) is 6.20 Å². The molecular formula is C13H18BrN3O. The first-order valence-electron chi connectivity index (χ1n) is 6.12. The zero-order valence-corrected chi connectivity index (χ0v) is 12.3. The highest BCUT2D eigenvalue weighted by atomic mass is 79.9. The van der Waals surface area contributed by atoms with E-state index in [-0.39, 0.29) is 11.6 Å². The van der Waals surface area contributed by atoms with E-state index in [9.17, 15) is 4.79 Å². The molecule has 1 aromatic heterocycles. The van der Waals surface area contributed by atoms with Gasteiger partial charge in [0.15, 0.2) is 0 Å². The second kappa shape index (κ2) is 7.22. The Bertz CT molecular complexity index is 490. The Labute approximate surface area is 116 Å². The number of aryl methyl sites for hydroxylation is 1. The van der Waals surface area contributed by atoms with Crippen LogP contribution in [0.2, 0.25) is 0 Å². The van der Waals surface area contributed by atoms with Gasteiger partial charge in [0.1, 0.15) is 4.47 Å². The maximum atomic E-state index is 12.0. The van der Waals surface area contributed by atoms with Crippen LogP contribution in [-0.4, -0.2) is 15.8 Å². The smallest absolute Gasteiger partial charge is 0.283 e. The molecule has 18 heavy (non-hydrogen) atoms. The monoisotopic (exact) mass is 311 g/mol. The SMILES string of the molecule is C#CC(CCC)Nc1cnn(CCC)c(=O)c1Br. The van der Waals surface area contributed by atoms with Crippen LogP contribution in [0.25, 0.3) is 0 Å². The maximum absolute atomic E-state index is 12.0. The first-order valence-corrected chi connectivity index (χ1v) is 6.91. The average Bonchev–Trinajstić information content (AvgIpc) is 2.37. The summed E-state index contributed by atoms with van der Waals surface area (Å²) in [6, 6.07) is -0.0745. The molecule has 0 aromatic carbocycles. The van der Waals surface area contributed by atoms with E-state index < -0.39 is 0 Å². The van der Waals surface area contributed by atoms with Crippen molar-refractivity contribution in [2.45, 2.75) is 45.7 Å². The Hall–Kier alpha value is -1.28. The Kier molecular flexibility index (Phi) is 5.93. The van der Waals surface area contributed by atoms with Gasteiger partial charge in [-0.15, -0.1) is 6.42 Å². The molecule has 98 valence electrons. The number of rotatable bonds is 6. The Balaban J connectivity index is 2.95. The van der Waals surface area contributed by atoms with Gasteiger partial charge in [-0.2, -0.15) is 5.10 Å². The van der Waals surface area contributed by atoms with Crippen LogP contribution in [0.5, 0.6) is 0 Å². The average molecular weight is 312 g/mol. The summed E-state index contributed by atoms with van der Waals surface area (Å²) < 4.78 is 1.93. The number of aromatic nitrogens is 2. The van der Waals surface area contributed by atoms with Crippen molar-refractivity contribution in [1.29, 1.82) is 0 Å². The third kappa shape index (κ3) is 3.61. The van der Waals surface area contributed by atoms with Gasteiger partial charge >= 0.3 is 0 Å². The molecule has 1 rings (SSSR count). The Morgan fingerprint density at radius 2 is 2.28 bits per heavy atom. The standard InChI is InChI=1S/C13H18BrN3O/c1-4-7-10(6-3)16-11-9-15-17(8-5-2)13(18)12(11)14/h3,9-10,16H,4-5,7-8H2,1-2H3. The lowest BCUT2D eigenvalue weighted by molar-refractivity contribution is 0.565. The zero-order valence-electron chi connectivity index (χ0n) is 10.7. The maximum Gasteiger partial charge on any atom is 0.283 e. The van der Waals surface area contributed by atoms with Gasteiger partial charge in [0.25, 0.3) is 5.56 Å². The minimum atomic E-state index is -0.130. The van der Waals surface area contributed by atoms with Crippen LogP contribution >= 0.6 is 15.9 Å². The van der Waals surface area contributed by atoms with E-state index in [1.807, 2.05) is 6.92 Å². The zero-order chi connectivity index (χ0) is 13.5. The highest BCUT2D eigenvalue weighted by molar-refractivity contribution is 9.10. The fraction of sp³-hybridized carbons (Fsp3) is 0.538. The number of halogens is 1. The van der Waals surface area contributed by atoms with Crippen molar-refractivity contribution in [1.82, 2.24) is 9.78 Å². The highest BCUT2D eigenvalue weighted by Gasteiger charge is 2.11. The molecule has 0 amide bonds. The summed E-state index contributed by atoms with van der Waals surface area (Å²) in [7, 11) is 0. The fourth-order valence-electron chi connectivity index (χ4n) is 1.61. The summed E-state index contributed by atoms with van der Waals surface area (Å²) in [6.07, 6.45) is 9.80. The van der Waals surface area contributed by atoms with E-state index in [0.717, 1.165) is 19.3 Å². The molecule has 0 spiro atoms. The van der Waals surface area contributed by atoms with Crippen molar-refractivity contribution in [3.05, 3.63) is 21.0 Å². The second-order valence-corrected chi connectivity index (χ2v) is 4.85. The fourth-order valence-corrected chi connectivity index (χ4v) is 2.03. The number of nitrogens with zero attached hydrogens (tertiary/aromatic N) is 2. The number of nitrogens with one attached hydrogen (secondary N) is 1. The van der Waals surface area contributed by atoms with E-state index in [2.05, 4.69) is 39.2 Å². The topological polar surface area (TPSA) is 46.9 Å². The lowest BCUT2D eigenvalue weighted by Crippen LogP contribution is -2.26. The predicted molar refractivity (Wildman–Crippen MR) is 77.6 cm³/mol. The van der Waals surface area contributed by atoms with Crippen molar-refractivity contribution in [3.8, 4) is 12.3 Å². The van der Waals surface area contributed by atoms with E-state index in [4.69, 9.17) is 6.42 Å². The van der Waals surface area contributed by atoms with Gasteiger partial charge in [-0.05, 0) is 28.8 Å². The Morgan fingerprint density at radius 3 is 2.83 bits per heavy atom. The van der Waals surface area contributed by atoms with E-state index >= 15 is 0 Å². The third-order valence-corrected chi connectivity index (χ3v) is 3.29. The summed E-state index contributed by atoms with van der Waals surface area (Å²) >= 11 is 3.31. The molecule has 1 unspecified atom stereocenters. The number of hydrogen-bond acceptors (Lipinski definition) is 3. The lowest BCUT2D eigenvalue weighted by atomic mass is 10.2. The van der Waals surface area contributed by atoms with E-state index in [0.29, 0.717) is 16.7 Å². The summed E-state index contributed by atoms with van der Waals surface area (Å²) in [5, 5.41) is 7.27. The van der Waals surface area contributed by atoms with Crippen molar-refractivity contribution >= 4 is 21.6 Å². The number of terminal acetylenes is 1. The third-order valence-electron chi connectivity index (χ3n) is 2.53. The van der Waals surface area contributed by atoms with Crippen LogP contribution in [0.15, 0.2) is 15.5 Å². The summed E-state index contributed by atoms with van der Waals surface area (Å²) in [5.74, 6) is 2.67. The van der Waals surface area contributed by atoms with Crippen LogP contribution in [0.3, 0.4) is 0 Å². The summed E-state index contributed by atoms with van der Waals surface area (Å²) in [6.45, 7) is 4.69. The molecule has 0 aliphatic heterocycles. The quantitative estimate of drug-likeness (QED) is 0.822. The molecule has 0 bridgehead atoms. The van der Waals surface area contributed by atoms with Crippen molar-refractivity contribution in [2.75, 3.05) is 5.32 Å². The van der Waals surface area contributed by atoms with Gasteiger partial charge < -0.3 is 5.32 Å². The number of hydrogen-bond donors (Lipinski definition) is 1. The molecule has 0 radical (unpaired) electrons. The van der Waals surface area contributed by atoms with Crippen LogP contribution in [0.4, 0.5) is 5.69 Å².